The highest BCUT2D eigenvalue weighted by molar-refractivity contribution is 6.32. The molecule has 1 aromatic rings. The second kappa shape index (κ2) is 3.88. The van der Waals surface area contributed by atoms with Crippen molar-refractivity contribution in [2.45, 2.75) is 13.8 Å². The van der Waals surface area contributed by atoms with Crippen molar-refractivity contribution in [3.8, 4) is 5.75 Å². The number of aryl methyl sites for hydroxylation is 1. The molecule has 0 aliphatic carbocycles. The minimum absolute atomic E-state index is 0.137. The lowest BCUT2D eigenvalue weighted by Crippen LogP contribution is -2.05. The smallest absolute Gasteiger partial charge is 0.339 e. The first kappa shape index (κ1) is 10.9. The summed E-state index contributed by atoms with van der Waals surface area (Å²) in [4.78, 5) is 11.0. The van der Waals surface area contributed by atoms with Crippen LogP contribution in [0.1, 0.15) is 21.5 Å². The molecule has 0 bridgehead atoms. The Balaban J connectivity index is 3.56. The van der Waals surface area contributed by atoms with E-state index in [9.17, 15) is 4.79 Å². The molecule has 0 aliphatic heterocycles. The van der Waals surface area contributed by atoms with E-state index in [1.807, 2.05) is 0 Å². The Kier molecular flexibility index (Phi) is 3.01. The number of carboxylic acids is 1. The lowest BCUT2D eigenvalue weighted by molar-refractivity contribution is 0.0692. The molecule has 3 nitrogen and oxygen atoms in total. The van der Waals surface area contributed by atoms with Crippen LogP contribution in [-0.4, -0.2) is 18.2 Å². The van der Waals surface area contributed by atoms with E-state index < -0.39 is 5.97 Å². The molecule has 0 saturated heterocycles. The summed E-state index contributed by atoms with van der Waals surface area (Å²) < 4.78 is 5.03. The maximum Gasteiger partial charge on any atom is 0.339 e. The van der Waals surface area contributed by atoms with Gasteiger partial charge in [0.25, 0.3) is 0 Å². The zero-order valence-corrected chi connectivity index (χ0v) is 8.97. The van der Waals surface area contributed by atoms with Crippen LogP contribution in [0.3, 0.4) is 0 Å². The van der Waals surface area contributed by atoms with Crippen molar-refractivity contribution >= 4 is 17.6 Å². The largest absolute Gasteiger partial charge is 0.496 e. The summed E-state index contributed by atoms with van der Waals surface area (Å²) in [5.41, 5.74) is 1.39. The molecule has 0 radical (unpaired) electrons. The van der Waals surface area contributed by atoms with Crippen molar-refractivity contribution < 1.29 is 14.6 Å². The number of carboxylic acid groups (broad SMARTS) is 1. The van der Waals surface area contributed by atoms with Gasteiger partial charge in [-0.2, -0.15) is 0 Å². The van der Waals surface area contributed by atoms with Crippen molar-refractivity contribution in [1.82, 2.24) is 0 Å². The maximum absolute atomic E-state index is 11.0. The van der Waals surface area contributed by atoms with Crippen LogP contribution in [0.2, 0.25) is 5.02 Å². The van der Waals surface area contributed by atoms with Crippen molar-refractivity contribution in [3.63, 3.8) is 0 Å². The number of halogens is 1. The highest BCUT2D eigenvalue weighted by Gasteiger charge is 2.18. The van der Waals surface area contributed by atoms with Crippen molar-refractivity contribution in [2.75, 3.05) is 7.11 Å². The van der Waals surface area contributed by atoms with Gasteiger partial charge in [0.2, 0.25) is 0 Å². The summed E-state index contributed by atoms with van der Waals surface area (Å²) in [6, 6.07) is 1.70. The molecule has 0 atom stereocenters. The monoisotopic (exact) mass is 214 g/mol. The summed E-state index contributed by atoms with van der Waals surface area (Å²) >= 11 is 5.87. The van der Waals surface area contributed by atoms with Gasteiger partial charge in [-0.25, -0.2) is 4.79 Å². The number of methoxy groups -OCH3 is 1. The molecule has 1 aromatic carbocycles. The molecular weight excluding hydrogens is 204 g/mol. The van der Waals surface area contributed by atoms with E-state index in [1.165, 1.54) is 7.11 Å². The maximum atomic E-state index is 11.0. The van der Waals surface area contributed by atoms with Gasteiger partial charge in [-0.3, -0.25) is 0 Å². The first-order chi connectivity index (χ1) is 6.49. The quantitative estimate of drug-likeness (QED) is 0.823. The summed E-state index contributed by atoms with van der Waals surface area (Å²) in [5.74, 6) is -0.649. The lowest BCUT2D eigenvalue weighted by Gasteiger charge is -2.12. The second-order valence-corrected chi connectivity index (χ2v) is 3.42. The SMILES string of the molecule is COc1c(C)cc(Cl)c(C)c1C(=O)O. The number of ether oxygens (including phenoxy) is 1. The van der Waals surface area contributed by atoms with Crippen molar-refractivity contribution in [3.05, 3.63) is 27.8 Å². The molecule has 76 valence electrons. The number of rotatable bonds is 2. The van der Waals surface area contributed by atoms with Gasteiger partial charge >= 0.3 is 5.97 Å². The number of hydrogen-bond donors (Lipinski definition) is 1. The predicted octanol–water partition coefficient (Wildman–Crippen LogP) is 2.66. The molecule has 14 heavy (non-hydrogen) atoms. The van der Waals surface area contributed by atoms with E-state index in [2.05, 4.69) is 0 Å². The molecule has 0 amide bonds. The van der Waals surface area contributed by atoms with Gasteiger partial charge in [-0.1, -0.05) is 11.6 Å². The van der Waals surface area contributed by atoms with Gasteiger partial charge in [-0.05, 0) is 31.0 Å². The van der Waals surface area contributed by atoms with Gasteiger partial charge < -0.3 is 9.84 Å². The Bertz CT molecular complexity index is 385. The van der Waals surface area contributed by atoms with Gasteiger partial charge in [0.1, 0.15) is 11.3 Å². The average Bonchev–Trinajstić information content (AvgIpc) is 2.10. The van der Waals surface area contributed by atoms with Gasteiger partial charge in [0.15, 0.2) is 0 Å². The molecule has 0 fully saturated rings. The third-order valence-electron chi connectivity index (χ3n) is 2.08. The van der Waals surface area contributed by atoms with E-state index in [1.54, 1.807) is 19.9 Å². The van der Waals surface area contributed by atoms with Gasteiger partial charge in [0.05, 0.1) is 7.11 Å². The van der Waals surface area contributed by atoms with Crippen LogP contribution in [0.25, 0.3) is 0 Å². The fourth-order valence-electron chi connectivity index (χ4n) is 1.37. The van der Waals surface area contributed by atoms with E-state index >= 15 is 0 Å². The van der Waals surface area contributed by atoms with Crippen LogP contribution in [-0.2, 0) is 0 Å². The normalized spacial score (nSPS) is 10.0. The molecule has 0 aromatic heterocycles. The molecule has 0 aliphatic rings. The van der Waals surface area contributed by atoms with Gasteiger partial charge in [-0.15, -0.1) is 0 Å². The topological polar surface area (TPSA) is 46.5 Å². The zero-order valence-electron chi connectivity index (χ0n) is 8.22. The molecule has 0 saturated carbocycles. The van der Waals surface area contributed by atoms with Crippen LogP contribution in [0.4, 0.5) is 0 Å². The highest BCUT2D eigenvalue weighted by atomic mass is 35.5. The Morgan fingerprint density at radius 3 is 2.50 bits per heavy atom. The lowest BCUT2D eigenvalue weighted by atomic mass is 10.0. The zero-order chi connectivity index (χ0) is 10.9. The Labute approximate surface area is 87.3 Å². The molecule has 1 rings (SSSR count). The van der Waals surface area contributed by atoms with Crippen LogP contribution >= 0.6 is 11.6 Å². The number of aromatic carboxylic acids is 1. The van der Waals surface area contributed by atoms with Crippen molar-refractivity contribution in [1.29, 1.82) is 0 Å². The van der Waals surface area contributed by atoms with Crippen molar-refractivity contribution in [2.24, 2.45) is 0 Å². The predicted molar refractivity (Wildman–Crippen MR) is 54.4 cm³/mol. The third kappa shape index (κ3) is 1.68. The first-order valence-electron chi connectivity index (χ1n) is 4.06. The summed E-state index contributed by atoms with van der Waals surface area (Å²) in [5, 5.41) is 9.43. The molecule has 0 unspecified atom stereocenters. The number of hydrogen-bond acceptors (Lipinski definition) is 2. The number of carbonyl (C=O) groups is 1. The van der Waals surface area contributed by atoms with Gasteiger partial charge in [0, 0.05) is 5.02 Å². The third-order valence-corrected chi connectivity index (χ3v) is 2.47. The van der Waals surface area contributed by atoms with Crippen LogP contribution in [0.5, 0.6) is 5.75 Å². The standard InChI is InChI=1S/C10H11ClO3/c1-5-4-7(11)6(2)8(10(12)13)9(5)14-3/h4H,1-3H3,(H,12,13). The summed E-state index contributed by atoms with van der Waals surface area (Å²) in [7, 11) is 1.45. The second-order valence-electron chi connectivity index (χ2n) is 3.01. The Morgan fingerprint density at radius 1 is 1.50 bits per heavy atom. The summed E-state index contributed by atoms with van der Waals surface area (Å²) in [6.45, 7) is 3.42. The Hall–Kier alpha value is -1.22. The minimum atomic E-state index is -1.02. The average molecular weight is 215 g/mol. The molecular formula is C10H11ClO3. The molecule has 1 N–H and O–H groups in total. The molecule has 0 spiro atoms. The molecule has 4 heteroatoms. The Morgan fingerprint density at radius 2 is 2.07 bits per heavy atom. The minimum Gasteiger partial charge on any atom is -0.496 e. The first-order valence-corrected chi connectivity index (χ1v) is 4.43. The summed E-state index contributed by atoms with van der Waals surface area (Å²) in [6.07, 6.45) is 0. The van der Waals surface area contributed by atoms with Crippen LogP contribution < -0.4 is 4.74 Å². The van der Waals surface area contributed by atoms with E-state index in [4.69, 9.17) is 21.4 Å². The van der Waals surface area contributed by atoms with Crippen LogP contribution in [0.15, 0.2) is 6.07 Å². The van der Waals surface area contributed by atoms with E-state index in [-0.39, 0.29) is 5.56 Å². The number of benzene rings is 1. The fraction of sp³-hybridized carbons (Fsp3) is 0.300. The highest BCUT2D eigenvalue weighted by Crippen LogP contribution is 2.31. The van der Waals surface area contributed by atoms with E-state index in [0.717, 1.165) is 5.56 Å². The van der Waals surface area contributed by atoms with Crippen LogP contribution in [0, 0.1) is 13.8 Å². The molecule has 0 heterocycles. The fourth-order valence-corrected chi connectivity index (χ4v) is 1.63. The van der Waals surface area contributed by atoms with E-state index in [0.29, 0.717) is 16.3 Å².